The summed E-state index contributed by atoms with van der Waals surface area (Å²) in [6.45, 7) is 6.71. The summed E-state index contributed by atoms with van der Waals surface area (Å²) >= 11 is 0. The molecule has 3 heteroatoms. The maximum atomic E-state index is 12.2. The first-order chi connectivity index (χ1) is 8.84. The Kier molecular flexibility index (Phi) is 3.68. The molecule has 0 bridgehead atoms. The molecule has 1 atom stereocenters. The van der Waals surface area contributed by atoms with E-state index in [0.717, 1.165) is 12.8 Å². The highest BCUT2D eigenvalue weighted by atomic mass is 16.2. The van der Waals surface area contributed by atoms with Gasteiger partial charge in [-0.3, -0.25) is 4.79 Å². The highest BCUT2D eigenvalue weighted by Crippen LogP contribution is 2.38. The smallest absolute Gasteiger partial charge is 0.240 e. The molecule has 0 heterocycles. The third kappa shape index (κ3) is 3.16. The molecule has 0 radical (unpaired) electrons. The summed E-state index contributed by atoms with van der Waals surface area (Å²) in [5.74, 6) is 0.325. The third-order valence-corrected chi connectivity index (χ3v) is 4.16. The van der Waals surface area contributed by atoms with Crippen molar-refractivity contribution < 1.29 is 4.79 Å². The summed E-state index contributed by atoms with van der Waals surface area (Å²) in [5, 5.41) is 3.02. The van der Waals surface area contributed by atoms with Gasteiger partial charge in [0.25, 0.3) is 0 Å². The third-order valence-electron chi connectivity index (χ3n) is 4.16. The lowest BCUT2D eigenvalue weighted by Gasteiger charge is -2.29. The molecular formula is C16H24N2O. The first kappa shape index (κ1) is 14.1. The molecule has 1 aromatic rings. The van der Waals surface area contributed by atoms with Crippen LogP contribution in [0.1, 0.15) is 39.2 Å². The van der Waals surface area contributed by atoms with Crippen LogP contribution < -0.4 is 11.1 Å². The highest BCUT2D eigenvalue weighted by molar-refractivity contribution is 5.86. The predicted octanol–water partition coefficient (Wildman–Crippen LogP) is 2.21. The van der Waals surface area contributed by atoms with Crippen LogP contribution in [0.5, 0.6) is 0 Å². The first-order valence-electron chi connectivity index (χ1n) is 6.97. The Labute approximate surface area is 115 Å². The van der Waals surface area contributed by atoms with E-state index in [1.807, 2.05) is 25.1 Å². The van der Waals surface area contributed by atoms with E-state index < -0.39 is 5.54 Å². The van der Waals surface area contributed by atoms with Crippen molar-refractivity contribution in [3.8, 4) is 0 Å². The van der Waals surface area contributed by atoms with E-state index in [-0.39, 0.29) is 11.3 Å². The maximum absolute atomic E-state index is 12.2. The summed E-state index contributed by atoms with van der Waals surface area (Å²) in [5.41, 5.74) is 6.54. The van der Waals surface area contributed by atoms with E-state index in [9.17, 15) is 4.79 Å². The van der Waals surface area contributed by atoms with E-state index >= 15 is 0 Å². The first-order valence-corrected chi connectivity index (χ1v) is 6.97. The summed E-state index contributed by atoms with van der Waals surface area (Å²) < 4.78 is 0. The van der Waals surface area contributed by atoms with Crippen molar-refractivity contribution in [2.75, 3.05) is 6.54 Å². The lowest BCUT2D eigenvalue weighted by Crippen LogP contribution is -2.55. The number of hydrogen-bond acceptors (Lipinski definition) is 2. The van der Waals surface area contributed by atoms with Crippen LogP contribution in [0.15, 0.2) is 30.3 Å². The Balaban J connectivity index is 1.96. The molecule has 1 saturated carbocycles. The number of carbonyl (C=O) groups excluding carboxylic acids is 1. The van der Waals surface area contributed by atoms with E-state index in [1.54, 1.807) is 0 Å². The standard InChI is InChI=1S/C16H24N2O/c1-15(2,12-7-5-4-6-8-12)11-18-14(19)16(3,17)13-9-10-13/h4-8,13H,9-11,17H2,1-3H3,(H,18,19). The minimum Gasteiger partial charge on any atom is -0.354 e. The molecule has 3 nitrogen and oxygen atoms in total. The van der Waals surface area contributed by atoms with Gasteiger partial charge in [0.1, 0.15) is 0 Å². The Morgan fingerprint density at radius 1 is 1.26 bits per heavy atom. The normalized spacial score (nSPS) is 18.7. The number of carbonyl (C=O) groups is 1. The van der Waals surface area contributed by atoms with Gasteiger partial charge in [-0.05, 0) is 31.2 Å². The fourth-order valence-corrected chi connectivity index (χ4v) is 2.35. The van der Waals surface area contributed by atoms with Gasteiger partial charge in [-0.25, -0.2) is 0 Å². The van der Waals surface area contributed by atoms with Gasteiger partial charge in [0.2, 0.25) is 5.91 Å². The number of nitrogens with two attached hydrogens (primary N) is 1. The zero-order valence-corrected chi connectivity index (χ0v) is 12.1. The van der Waals surface area contributed by atoms with Gasteiger partial charge in [-0.2, -0.15) is 0 Å². The van der Waals surface area contributed by atoms with Crippen LogP contribution in [-0.4, -0.2) is 18.0 Å². The van der Waals surface area contributed by atoms with Crippen LogP contribution in [0.25, 0.3) is 0 Å². The van der Waals surface area contributed by atoms with Crippen molar-refractivity contribution in [3.05, 3.63) is 35.9 Å². The molecule has 0 spiro atoms. The van der Waals surface area contributed by atoms with Crippen molar-refractivity contribution in [2.45, 2.75) is 44.6 Å². The molecule has 1 aliphatic carbocycles. The Morgan fingerprint density at radius 3 is 2.37 bits per heavy atom. The van der Waals surface area contributed by atoms with E-state index in [1.165, 1.54) is 5.56 Å². The van der Waals surface area contributed by atoms with Crippen molar-refractivity contribution >= 4 is 5.91 Å². The molecular weight excluding hydrogens is 236 g/mol. The number of amides is 1. The average molecular weight is 260 g/mol. The van der Waals surface area contributed by atoms with Crippen LogP contribution in [-0.2, 0) is 10.2 Å². The molecule has 1 aliphatic rings. The van der Waals surface area contributed by atoms with Crippen molar-refractivity contribution in [1.29, 1.82) is 0 Å². The second-order valence-electron chi connectivity index (χ2n) is 6.49. The topological polar surface area (TPSA) is 55.1 Å². The highest BCUT2D eigenvalue weighted by Gasteiger charge is 2.44. The summed E-state index contributed by atoms with van der Waals surface area (Å²) in [6, 6.07) is 10.2. The summed E-state index contributed by atoms with van der Waals surface area (Å²) in [7, 11) is 0. The molecule has 1 unspecified atom stereocenters. The molecule has 1 fully saturated rings. The van der Waals surface area contributed by atoms with E-state index in [2.05, 4.69) is 31.3 Å². The van der Waals surface area contributed by atoms with Gasteiger partial charge < -0.3 is 11.1 Å². The van der Waals surface area contributed by atoms with E-state index in [0.29, 0.717) is 12.5 Å². The van der Waals surface area contributed by atoms with Gasteiger partial charge in [0.05, 0.1) is 5.54 Å². The minimum absolute atomic E-state index is 0.0287. The second kappa shape index (κ2) is 4.97. The number of hydrogen-bond donors (Lipinski definition) is 2. The minimum atomic E-state index is -0.716. The molecule has 0 aliphatic heterocycles. The largest absolute Gasteiger partial charge is 0.354 e. The molecule has 0 aromatic heterocycles. The average Bonchev–Trinajstić information content (AvgIpc) is 3.21. The fraction of sp³-hybridized carbons (Fsp3) is 0.562. The van der Waals surface area contributed by atoms with Gasteiger partial charge >= 0.3 is 0 Å². The van der Waals surface area contributed by atoms with Crippen LogP contribution >= 0.6 is 0 Å². The van der Waals surface area contributed by atoms with E-state index in [4.69, 9.17) is 5.73 Å². The SMILES string of the molecule is CC(C)(CNC(=O)C(C)(N)C1CC1)c1ccccc1. The van der Waals surface area contributed by atoms with Crippen molar-refractivity contribution in [1.82, 2.24) is 5.32 Å². The molecule has 1 aromatic carbocycles. The Bertz CT molecular complexity index is 447. The van der Waals surface area contributed by atoms with Gasteiger partial charge in [-0.15, -0.1) is 0 Å². The predicted molar refractivity (Wildman–Crippen MR) is 77.8 cm³/mol. The van der Waals surface area contributed by atoms with Crippen LogP contribution in [0.2, 0.25) is 0 Å². The molecule has 0 saturated heterocycles. The lowest BCUT2D eigenvalue weighted by atomic mass is 9.84. The van der Waals surface area contributed by atoms with Crippen molar-refractivity contribution in [2.24, 2.45) is 11.7 Å². The zero-order valence-electron chi connectivity index (χ0n) is 12.1. The Morgan fingerprint density at radius 2 is 1.84 bits per heavy atom. The van der Waals surface area contributed by atoms with Crippen molar-refractivity contribution in [3.63, 3.8) is 0 Å². The number of nitrogens with one attached hydrogen (secondary N) is 1. The molecule has 104 valence electrons. The monoisotopic (exact) mass is 260 g/mol. The summed E-state index contributed by atoms with van der Waals surface area (Å²) in [6.07, 6.45) is 2.14. The maximum Gasteiger partial charge on any atom is 0.240 e. The molecule has 19 heavy (non-hydrogen) atoms. The van der Waals surface area contributed by atoms with Crippen LogP contribution in [0.3, 0.4) is 0 Å². The van der Waals surface area contributed by atoms with Crippen LogP contribution in [0, 0.1) is 5.92 Å². The van der Waals surface area contributed by atoms with Gasteiger partial charge in [0, 0.05) is 12.0 Å². The molecule has 1 amide bonds. The van der Waals surface area contributed by atoms with Crippen LogP contribution in [0.4, 0.5) is 0 Å². The quantitative estimate of drug-likeness (QED) is 0.853. The number of benzene rings is 1. The van der Waals surface area contributed by atoms with Gasteiger partial charge in [0.15, 0.2) is 0 Å². The summed E-state index contributed by atoms with van der Waals surface area (Å²) in [4.78, 5) is 12.2. The second-order valence-corrected chi connectivity index (χ2v) is 6.49. The Hall–Kier alpha value is -1.35. The zero-order chi connectivity index (χ0) is 14.1. The fourth-order valence-electron chi connectivity index (χ4n) is 2.35. The number of rotatable bonds is 5. The van der Waals surface area contributed by atoms with Gasteiger partial charge in [-0.1, -0.05) is 44.2 Å². The molecule has 3 N–H and O–H groups in total. The lowest BCUT2D eigenvalue weighted by molar-refractivity contribution is -0.126. The molecule has 2 rings (SSSR count).